The summed E-state index contributed by atoms with van der Waals surface area (Å²) in [6, 6.07) is 12.3. The summed E-state index contributed by atoms with van der Waals surface area (Å²) in [5.74, 6) is 0.927. The second kappa shape index (κ2) is 6.92. The van der Waals surface area contributed by atoms with Crippen LogP contribution >= 0.6 is 11.6 Å². The zero-order valence-electron chi connectivity index (χ0n) is 12.8. The van der Waals surface area contributed by atoms with Crippen molar-refractivity contribution in [3.8, 4) is 0 Å². The van der Waals surface area contributed by atoms with Gasteiger partial charge in [-0.1, -0.05) is 35.9 Å². The molecule has 2 atom stereocenters. The largest absolute Gasteiger partial charge is 0.353 e. The maximum Gasteiger partial charge on any atom is 0.128 e. The molecule has 0 bridgehead atoms. The number of hydrogen-bond acceptors (Lipinski definition) is 3. The van der Waals surface area contributed by atoms with Gasteiger partial charge in [0.25, 0.3) is 0 Å². The molecule has 21 heavy (non-hydrogen) atoms. The number of anilines is 1. The molecule has 0 saturated heterocycles. The van der Waals surface area contributed by atoms with Crippen LogP contribution in [0, 0.1) is 0 Å². The Morgan fingerprint density at radius 1 is 1.19 bits per heavy atom. The van der Waals surface area contributed by atoms with E-state index >= 15 is 0 Å². The predicted octanol–water partition coefficient (Wildman–Crippen LogP) is 3.82. The van der Waals surface area contributed by atoms with E-state index in [1.807, 2.05) is 50.5 Å². The highest BCUT2D eigenvalue weighted by atomic mass is 35.5. The van der Waals surface area contributed by atoms with Gasteiger partial charge in [-0.25, -0.2) is 4.98 Å². The number of rotatable bonds is 5. The minimum Gasteiger partial charge on any atom is -0.353 e. The number of nitrogens with zero attached hydrogens (tertiary/aromatic N) is 2. The number of pyridine rings is 1. The van der Waals surface area contributed by atoms with Gasteiger partial charge >= 0.3 is 0 Å². The van der Waals surface area contributed by atoms with Crippen LogP contribution in [0.4, 0.5) is 5.82 Å². The van der Waals surface area contributed by atoms with Crippen molar-refractivity contribution in [2.24, 2.45) is 5.73 Å². The summed E-state index contributed by atoms with van der Waals surface area (Å²) >= 11 is 6.27. The van der Waals surface area contributed by atoms with Crippen LogP contribution < -0.4 is 10.6 Å². The Labute approximate surface area is 131 Å². The lowest BCUT2D eigenvalue weighted by atomic mass is 10.1. The van der Waals surface area contributed by atoms with Crippen LogP contribution in [0.2, 0.25) is 5.02 Å². The van der Waals surface area contributed by atoms with Crippen LogP contribution in [0.1, 0.15) is 31.0 Å². The van der Waals surface area contributed by atoms with E-state index in [0.717, 1.165) is 28.4 Å². The summed E-state index contributed by atoms with van der Waals surface area (Å²) in [6.45, 7) is 4.12. The lowest BCUT2D eigenvalue weighted by Gasteiger charge is -2.27. The van der Waals surface area contributed by atoms with E-state index in [4.69, 9.17) is 17.3 Å². The van der Waals surface area contributed by atoms with Crippen LogP contribution in [0.15, 0.2) is 42.6 Å². The van der Waals surface area contributed by atoms with E-state index in [1.165, 1.54) is 0 Å². The Morgan fingerprint density at radius 3 is 2.48 bits per heavy atom. The zero-order valence-corrected chi connectivity index (χ0v) is 13.5. The smallest absolute Gasteiger partial charge is 0.128 e. The summed E-state index contributed by atoms with van der Waals surface area (Å²) in [5.41, 5.74) is 8.07. The second-order valence-corrected chi connectivity index (χ2v) is 5.92. The molecule has 1 aromatic heterocycles. The molecule has 2 N–H and O–H groups in total. The van der Waals surface area contributed by atoms with Gasteiger partial charge < -0.3 is 10.6 Å². The fourth-order valence-corrected chi connectivity index (χ4v) is 2.63. The maximum atomic E-state index is 6.27. The molecule has 2 unspecified atom stereocenters. The number of nitrogens with two attached hydrogens (primary N) is 1. The SMILES string of the molecule is CC(N)Cc1ccc(N(C)C(C)c2ccccc2Cl)nc1. The number of aromatic nitrogens is 1. The van der Waals surface area contributed by atoms with E-state index in [1.54, 1.807) is 0 Å². The van der Waals surface area contributed by atoms with Crippen LogP contribution in [0.25, 0.3) is 0 Å². The standard InChI is InChI=1S/C17H22ClN3/c1-12(19)10-14-8-9-17(20-11-14)21(3)13(2)15-6-4-5-7-16(15)18/h4-9,11-13H,10,19H2,1-3H3. The molecule has 0 fully saturated rings. The Balaban J connectivity index is 2.16. The normalized spacial score (nSPS) is 13.8. The van der Waals surface area contributed by atoms with Crippen molar-refractivity contribution in [2.75, 3.05) is 11.9 Å². The van der Waals surface area contributed by atoms with E-state index < -0.39 is 0 Å². The molecule has 3 nitrogen and oxygen atoms in total. The van der Waals surface area contributed by atoms with E-state index in [2.05, 4.69) is 22.9 Å². The van der Waals surface area contributed by atoms with Crippen molar-refractivity contribution in [3.05, 3.63) is 58.7 Å². The fourth-order valence-electron chi connectivity index (χ4n) is 2.34. The fraction of sp³-hybridized carbons (Fsp3) is 0.353. The molecular weight excluding hydrogens is 282 g/mol. The molecule has 2 rings (SSSR count). The summed E-state index contributed by atoms with van der Waals surface area (Å²) in [7, 11) is 2.03. The molecule has 2 aromatic rings. The summed E-state index contributed by atoms with van der Waals surface area (Å²) in [4.78, 5) is 6.66. The van der Waals surface area contributed by atoms with Crippen molar-refractivity contribution in [3.63, 3.8) is 0 Å². The van der Waals surface area contributed by atoms with Gasteiger partial charge in [0.2, 0.25) is 0 Å². The van der Waals surface area contributed by atoms with Crippen molar-refractivity contribution in [2.45, 2.75) is 32.4 Å². The molecule has 1 aromatic carbocycles. The molecule has 0 aliphatic rings. The molecule has 4 heteroatoms. The van der Waals surface area contributed by atoms with Crippen molar-refractivity contribution < 1.29 is 0 Å². The number of hydrogen-bond donors (Lipinski definition) is 1. The molecule has 0 aliphatic heterocycles. The summed E-state index contributed by atoms with van der Waals surface area (Å²) < 4.78 is 0. The highest BCUT2D eigenvalue weighted by molar-refractivity contribution is 6.31. The number of halogens is 1. The van der Waals surface area contributed by atoms with E-state index in [9.17, 15) is 0 Å². The summed E-state index contributed by atoms with van der Waals surface area (Å²) in [5, 5.41) is 0.783. The van der Waals surface area contributed by atoms with Gasteiger partial charge in [0.1, 0.15) is 5.82 Å². The third kappa shape index (κ3) is 3.96. The molecule has 0 aliphatic carbocycles. The monoisotopic (exact) mass is 303 g/mol. The molecule has 0 amide bonds. The van der Waals surface area contributed by atoms with Gasteiger partial charge in [-0.15, -0.1) is 0 Å². The van der Waals surface area contributed by atoms with Crippen molar-refractivity contribution in [1.29, 1.82) is 0 Å². The second-order valence-electron chi connectivity index (χ2n) is 5.51. The third-order valence-corrected chi connectivity index (χ3v) is 4.01. The Hall–Kier alpha value is -1.58. The molecule has 1 heterocycles. The van der Waals surface area contributed by atoms with E-state index in [-0.39, 0.29) is 12.1 Å². The van der Waals surface area contributed by atoms with Crippen LogP contribution in [-0.2, 0) is 6.42 Å². The Bertz CT molecular complexity index is 581. The molecule has 0 spiro atoms. The first-order chi connectivity index (χ1) is 9.99. The summed E-state index contributed by atoms with van der Waals surface area (Å²) in [6.07, 6.45) is 2.74. The lowest BCUT2D eigenvalue weighted by molar-refractivity contribution is 0.720. The highest BCUT2D eigenvalue weighted by Crippen LogP contribution is 2.28. The average Bonchev–Trinajstić information content (AvgIpc) is 2.46. The zero-order chi connectivity index (χ0) is 15.4. The topological polar surface area (TPSA) is 42.1 Å². The Kier molecular flexibility index (Phi) is 5.21. The van der Waals surface area contributed by atoms with Crippen LogP contribution in [0.3, 0.4) is 0 Å². The van der Waals surface area contributed by atoms with Gasteiger partial charge in [-0.2, -0.15) is 0 Å². The minimum atomic E-state index is 0.150. The van der Waals surface area contributed by atoms with Crippen LogP contribution in [-0.4, -0.2) is 18.1 Å². The average molecular weight is 304 g/mol. The first kappa shape index (κ1) is 15.8. The molecule has 0 saturated carbocycles. The van der Waals surface area contributed by atoms with Crippen molar-refractivity contribution >= 4 is 17.4 Å². The van der Waals surface area contributed by atoms with Gasteiger partial charge in [-0.3, -0.25) is 0 Å². The highest BCUT2D eigenvalue weighted by Gasteiger charge is 2.15. The van der Waals surface area contributed by atoms with Crippen molar-refractivity contribution in [1.82, 2.24) is 4.98 Å². The van der Waals surface area contributed by atoms with Gasteiger partial charge in [0.15, 0.2) is 0 Å². The van der Waals surface area contributed by atoms with E-state index in [0.29, 0.717) is 0 Å². The quantitative estimate of drug-likeness (QED) is 0.913. The molecular formula is C17H22ClN3. The minimum absolute atomic E-state index is 0.150. The first-order valence-electron chi connectivity index (χ1n) is 7.17. The third-order valence-electron chi connectivity index (χ3n) is 3.66. The molecule has 0 radical (unpaired) electrons. The predicted molar refractivity (Wildman–Crippen MR) is 89.9 cm³/mol. The van der Waals surface area contributed by atoms with Gasteiger partial charge in [0, 0.05) is 24.3 Å². The number of benzene rings is 1. The molecule has 112 valence electrons. The Morgan fingerprint density at radius 2 is 1.90 bits per heavy atom. The van der Waals surface area contributed by atoms with Gasteiger partial charge in [0.05, 0.1) is 6.04 Å². The maximum absolute atomic E-state index is 6.27. The first-order valence-corrected chi connectivity index (χ1v) is 7.54. The van der Waals surface area contributed by atoms with Gasteiger partial charge in [-0.05, 0) is 43.5 Å². The van der Waals surface area contributed by atoms with Crippen LogP contribution in [0.5, 0.6) is 0 Å². The lowest BCUT2D eigenvalue weighted by Crippen LogP contribution is -2.23.